The Labute approximate surface area is 64.0 Å². The summed E-state index contributed by atoms with van der Waals surface area (Å²) in [5.41, 5.74) is 2.16. The summed E-state index contributed by atoms with van der Waals surface area (Å²) in [7, 11) is 0. The highest BCUT2D eigenvalue weighted by molar-refractivity contribution is 7.08. The van der Waals surface area contributed by atoms with E-state index in [0.717, 1.165) is 17.4 Å². The normalized spacial score (nSPS) is 11.5. The summed E-state index contributed by atoms with van der Waals surface area (Å²) < 4.78 is 0. The Morgan fingerprint density at radius 1 is 1.70 bits per heavy atom. The van der Waals surface area contributed by atoms with E-state index < -0.39 is 0 Å². The largest absolute Gasteiger partial charge is 0.299 e. The quantitative estimate of drug-likeness (QED) is 0.469. The first kappa shape index (κ1) is 7.22. The van der Waals surface area contributed by atoms with Crippen LogP contribution in [0.3, 0.4) is 0 Å². The van der Waals surface area contributed by atoms with E-state index in [4.69, 9.17) is 0 Å². The van der Waals surface area contributed by atoms with E-state index in [0.29, 0.717) is 0 Å². The Morgan fingerprint density at radius 3 is 3.00 bits per heavy atom. The molecule has 0 radical (unpaired) electrons. The maximum atomic E-state index is 10.0. The number of hydrogen-bond donors (Lipinski definition) is 0. The minimum absolute atomic E-state index is 0.812. The van der Waals surface area contributed by atoms with Crippen molar-refractivity contribution in [2.75, 3.05) is 0 Å². The van der Waals surface area contributed by atoms with Gasteiger partial charge < -0.3 is 0 Å². The van der Waals surface area contributed by atoms with Crippen molar-refractivity contribution in [3.8, 4) is 0 Å². The highest BCUT2D eigenvalue weighted by atomic mass is 32.1. The van der Waals surface area contributed by atoms with E-state index in [1.165, 1.54) is 0 Å². The number of allylic oxidation sites excluding steroid dienone is 2. The molecular weight excluding hydrogens is 144 g/mol. The number of rotatable bonds is 2. The third-order valence-electron chi connectivity index (χ3n) is 1.29. The molecule has 0 N–H and O–H groups in total. The van der Waals surface area contributed by atoms with E-state index in [2.05, 4.69) is 0 Å². The Morgan fingerprint density at radius 2 is 2.50 bits per heavy atom. The van der Waals surface area contributed by atoms with Crippen molar-refractivity contribution in [3.63, 3.8) is 0 Å². The number of thiophene rings is 1. The summed E-state index contributed by atoms with van der Waals surface area (Å²) in [5, 5.41) is 4.02. The van der Waals surface area contributed by atoms with E-state index in [1.807, 2.05) is 23.8 Å². The monoisotopic (exact) mass is 152 g/mol. The lowest BCUT2D eigenvalue weighted by molar-refractivity contribution is -0.104. The van der Waals surface area contributed by atoms with Crippen LogP contribution in [0.15, 0.2) is 22.9 Å². The molecule has 2 heteroatoms. The van der Waals surface area contributed by atoms with Crippen LogP contribution < -0.4 is 0 Å². The molecule has 0 aliphatic carbocycles. The van der Waals surface area contributed by atoms with Crippen LogP contribution in [-0.4, -0.2) is 6.29 Å². The molecule has 1 aromatic rings. The van der Waals surface area contributed by atoms with Crippen molar-refractivity contribution in [2.24, 2.45) is 0 Å². The molecule has 1 heterocycles. The van der Waals surface area contributed by atoms with Gasteiger partial charge in [-0.25, -0.2) is 0 Å². The highest BCUT2D eigenvalue weighted by Crippen LogP contribution is 2.15. The maximum absolute atomic E-state index is 10.0. The molecule has 0 amide bonds. The summed E-state index contributed by atoms with van der Waals surface area (Å²) in [6.07, 6.45) is 2.38. The van der Waals surface area contributed by atoms with Gasteiger partial charge in [-0.1, -0.05) is 0 Å². The van der Waals surface area contributed by atoms with Gasteiger partial charge in [-0.15, -0.1) is 0 Å². The van der Waals surface area contributed by atoms with Crippen LogP contribution in [0.4, 0.5) is 0 Å². The first-order valence-corrected chi connectivity index (χ1v) is 3.93. The van der Waals surface area contributed by atoms with Crippen LogP contribution in [0.5, 0.6) is 0 Å². The Kier molecular flexibility index (Phi) is 2.40. The zero-order chi connectivity index (χ0) is 7.40. The van der Waals surface area contributed by atoms with Crippen LogP contribution in [0.25, 0.3) is 5.57 Å². The molecule has 1 nitrogen and oxygen atoms in total. The summed E-state index contributed by atoms with van der Waals surface area (Å²) in [6.45, 7) is 1.93. The molecule has 0 unspecified atom stereocenters. The first-order chi connectivity index (χ1) is 4.84. The maximum Gasteiger partial charge on any atom is 0.143 e. The molecule has 10 heavy (non-hydrogen) atoms. The topological polar surface area (TPSA) is 17.1 Å². The number of carbonyl (C=O) groups is 1. The molecular formula is C8H8OS. The minimum Gasteiger partial charge on any atom is -0.299 e. The van der Waals surface area contributed by atoms with Gasteiger partial charge in [0.1, 0.15) is 6.29 Å². The van der Waals surface area contributed by atoms with Crippen LogP contribution in [0.1, 0.15) is 12.5 Å². The molecule has 0 bridgehead atoms. The van der Waals surface area contributed by atoms with E-state index >= 15 is 0 Å². The lowest BCUT2D eigenvalue weighted by atomic mass is 10.1. The molecule has 0 aliphatic heterocycles. The predicted octanol–water partition coefficient (Wildman–Crippen LogP) is 2.35. The van der Waals surface area contributed by atoms with Crippen LogP contribution in [0.2, 0.25) is 0 Å². The zero-order valence-electron chi connectivity index (χ0n) is 5.70. The van der Waals surface area contributed by atoms with Crippen LogP contribution >= 0.6 is 11.3 Å². The molecule has 0 fully saturated rings. The number of carbonyl (C=O) groups excluding carboxylic acids is 1. The average Bonchev–Trinajstić information content (AvgIpc) is 2.38. The zero-order valence-corrected chi connectivity index (χ0v) is 6.52. The van der Waals surface area contributed by atoms with Gasteiger partial charge in [0.2, 0.25) is 0 Å². The Bertz CT molecular complexity index is 234. The summed E-state index contributed by atoms with van der Waals surface area (Å²) in [5.74, 6) is 0. The molecule has 0 saturated carbocycles. The lowest BCUT2D eigenvalue weighted by Crippen LogP contribution is -1.72. The molecule has 0 aliphatic rings. The second-order valence-corrected chi connectivity index (χ2v) is 2.78. The summed E-state index contributed by atoms with van der Waals surface area (Å²) >= 11 is 1.64. The summed E-state index contributed by atoms with van der Waals surface area (Å²) in [4.78, 5) is 10.0. The summed E-state index contributed by atoms with van der Waals surface area (Å²) in [6, 6.07) is 2.00. The van der Waals surface area contributed by atoms with Crippen molar-refractivity contribution >= 4 is 23.2 Å². The van der Waals surface area contributed by atoms with E-state index in [9.17, 15) is 4.79 Å². The van der Waals surface area contributed by atoms with Crippen molar-refractivity contribution in [2.45, 2.75) is 6.92 Å². The third-order valence-corrected chi connectivity index (χ3v) is 1.98. The van der Waals surface area contributed by atoms with Gasteiger partial charge in [0.15, 0.2) is 0 Å². The van der Waals surface area contributed by atoms with Crippen molar-refractivity contribution in [3.05, 3.63) is 28.5 Å². The van der Waals surface area contributed by atoms with Crippen LogP contribution in [0, 0.1) is 0 Å². The molecule has 0 saturated heterocycles. The lowest BCUT2D eigenvalue weighted by Gasteiger charge is -1.90. The molecule has 1 aromatic heterocycles. The first-order valence-electron chi connectivity index (χ1n) is 2.99. The van der Waals surface area contributed by atoms with Crippen molar-refractivity contribution in [1.82, 2.24) is 0 Å². The molecule has 0 atom stereocenters. The van der Waals surface area contributed by atoms with E-state index in [1.54, 1.807) is 17.4 Å². The fourth-order valence-corrected chi connectivity index (χ4v) is 1.40. The van der Waals surface area contributed by atoms with Gasteiger partial charge in [0.05, 0.1) is 0 Å². The fourth-order valence-electron chi connectivity index (χ4n) is 0.687. The standard InChI is InChI=1S/C8H8OS/c1-7(2-4-9)8-3-5-10-6-8/h2-6H,1H3/b7-2+. The Hall–Kier alpha value is -0.890. The van der Waals surface area contributed by atoms with Gasteiger partial charge in [-0.3, -0.25) is 4.79 Å². The number of aldehydes is 1. The molecule has 1 rings (SSSR count). The Balaban J connectivity index is 2.86. The predicted molar refractivity (Wildman–Crippen MR) is 44.0 cm³/mol. The van der Waals surface area contributed by atoms with Gasteiger partial charge in [-0.05, 0) is 41.0 Å². The van der Waals surface area contributed by atoms with Crippen molar-refractivity contribution < 1.29 is 4.79 Å². The molecule has 0 spiro atoms. The minimum atomic E-state index is 0.812. The fraction of sp³-hybridized carbons (Fsp3) is 0.125. The van der Waals surface area contributed by atoms with Gasteiger partial charge >= 0.3 is 0 Å². The SMILES string of the molecule is C/C(=C\C=O)c1ccsc1. The molecule has 0 aromatic carbocycles. The van der Waals surface area contributed by atoms with Crippen molar-refractivity contribution in [1.29, 1.82) is 0 Å². The van der Waals surface area contributed by atoms with Crippen LogP contribution in [-0.2, 0) is 4.79 Å². The van der Waals surface area contributed by atoms with Gasteiger partial charge in [-0.2, -0.15) is 11.3 Å². The second-order valence-electron chi connectivity index (χ2n) is 2.00. The number of hydrogen-bond acceptors (Lipinski definition) is 2. The highest BCUT2D eigenvalue weighted by Gasteiger charge is 1.92. The smallest absolute Gasteiger partial charge is 0.143 e. The average molecular weight is 152 g/mol. The van der Waals surface area contributed by atoms with Gasteiger partial charge in [0.25, 0.3) is 0 Å². The third kappa shape index (κ3) is 1.54. The second kappa shape index (κ2) is 3.32. The molecule has 52 valence electrons. The van der Waals surface area contributed by atoms with Gasteiger partial charge in [0, 0.05) is 0 Å². The van der Waals surface area contributed by atoms with E-state index in [-0.39, 0.29) is 0 Å².